The fraction of sp³-hybridized carbons (Fsp3) is 0.643. The predicted octanol–water partition coefficient (Wildman–Crippen LogP) is 2.75. The van der Waals surface area contributed by atoms with E-state index < -0.39 is 25.0 Å². The van der Waals surface area contributed by atoms with Crippen molar-refractivity contribution in [3.8, 4) is 0 Å². The lowest BCUT2D eigenvalue weighted by atomic mass is 9.97. The first-order valence-corrected chi connectivity index (χ1v) is 7.85. The molecule has 0 bridgehead atoms. The molecule has 1 fully saturated rings. The average Bonchev–Trinajstić information content (AvgIpc) is 2.96. The zero-order valence-electron chi connectivity index (χ0n) is 13.2. The lowest BCUT2D eigenvalue weighted by molar-refractivity contribution is -0.148. The van der Waals surface area contributed by atoms with Gasteiger partial charge in [0.2, 0.25) is 5.82 Å². The Bertz CT molecular complexity index is 707. The second-order valence-electron chi connectivity index (χ2n) is 6.06. The molecule has 0 spiro atoms. The van der Waals surface area contributed by atoms with Crippen LogP contribution in [0.15, 0.2) is 12.1 Å². The normalized spacial score (nSPS) is 17.5. The Kier molecular flexibility index (Phi) is 5.02. The van der Waals surface area contributed by atoms with Gasteiger partial charge in [0.05, 0.1) is 6.54 Å². The minimum atomic E-state index is -4.17. The monoisotopic (exact) mass is 364 g/mol. The van der Waals surface area contributed by atoms with E-state index in [2.05, 4.69) is 20.6 Å². The van der Waals surface area contributed by atoms with Crippen LogP contribution in [-0.2, 0) is 0 Å². The zero-order chi connectivity index (χ0) is 18.0. The van der Waals surface area contributed by atoms with E-state index in [4.69, 9.17) is 0 Å². The first-order valence-electron chi connectivity index (χ1n) is 7.85. The van der Waals surface area contributed by atoms with Crippen molar-refractivity contribution in [3.05, 3.63) is 18.0 Å². The molecule has 25 heavy (non-hydrogen) atoms. The maximum Gasteiger partial charge on any atom is 0.401 e. The van der Waals surface area contributed by atoms with Crippen molar-refractivity contribution >= 4 is 11.5 Å². The van der Waals surface area contributed by atoms with Gasteiger partial charge in [0, 0.05) is 6.54 Å². The number of anilines is 1. The molecule has 138 valence electrons. The van der Waals surface area contributed by atoms with Crippen molar-refractivity contribution in [1.82, 2.24) is 24.7 Å². The fourth-order valence-corrected chi connectivity index (χ4v) is 2.89. The summed E-state index contributed by atoms with van der Waals surface area (Å²) < 4.78 is 63.7. The van der Waals surface area contributed by atoms with Crippen molar-refractivity contribution in [3.63, 3.8) is 0 Å². The number of halogens is 5. The number of fused-ring (bicyclic) bond motifs is 1. The third-order valence-electron chi connectivity index (χ3n) is 4.16. The minimum absolute atomic E-state index is 0.206. The molecule has 0 unspecified atom stereocenters. The van der Waals surface area contributed by atoms with Gasteiger partial charge in [0.15, 0.2) is 5.65 Å². The number of aromatic nitrogens is 4. The lowest BCUT2D eigenvalue weighted by Gasteiger charge is -2.32. The van der Waals surface area contributed by atoms with E-state index in [1.54, 1.807) is 6.07 Å². The van der Waals surface area contributed by atoms with Crippen LogP contribution >= 0.6 is 0 Å². The minimum Gasteiger partial charge on any atom is -0.368 e. The summed E-state index contributed by atoms with van der Waals surface area (Å²) in [5.41, 5.74) is 0.223. The summed E-state index contributed by atoms with van der Waals surface area (Å²) in [7, 11) is 0. The molecule has 1 aliphatic heterocycles. The largest absolute Gasteiger partial charge is 0.401 e. The highest BCUT2D eigenvalue weighted by molar-refractivity contribution is 5.44. The Morgan fingerprint density at radius 3 is 2.52 bits per heavy atom. The summed E-state index contributed by atoms with van der Waals surface area (Å²) in [5, 5.41) is 14.1. The molecule has 6 nitrogen and oxygen atoms in total. The highest BCUT2D eigenvalue weighted by atomic mass is 19.4. The second-order valence-corrected chi connectivity index (χ2v) is 6.06. The van der Waals surface area contributed by atoms with Crippen molar-refractivity contribution in [2.24, 2.45) is 5.92 Å². The van der Waals surface area contributed by atoms with Crippen LogP contribution in [0.5, 0.6) is 0 Å². The lowest BCUT2D eigenvalue weighted by Crippen LogP contribution is -2.41. The molecule has 0 saturated carbocycles. The summed E-state index contributed by atoms with van der Waals surface area (Å²) in [5.74, 6) is 0.0727. The molecule has 1 aliphatic rings. The highest BCUT2D eigenvalue weighted by Crippen LogP contribution is 2.23. The molecule has 2 aromatic heterocycles. The first kappa shape index (κ1) is 17.8. The van der Waals surface area contributed by atoms with Gasteiger partial charge in [-0.1, -0.05) is 0 Å². The van der Waals surface area contributed by atoms with Crippen LogP contribution < -0.4 is 5.32 Å². The van der Waals surface area contributed by atoms with Gasteiger partial charge in [-0.2, -0.15) is 17.7 Å². The Balaban J connectivity index is 1.54. The number of alkyl halides is 5. The summed E-state index contributed by atoms with van der Waals surface area (Å²) in [6.45, 7) is 0.415. The summed E-state index contributed by atoms with van der Waals surface area (Å²) in [4.78, 5) is 1.40. The smallest absolute Gasteiger partial charge is 0.368 e. The Morgan fingerprint density at radius 1 is 1.16 bits per heavy atom. The molecule has 3 heterocycles. The Morgan fingerprint density at radius 2 is 1.88 bits per heavy atom. The van der Waals surface area contributed by atoms with Gasteiger partial charge in [-0.05, 0) is 44.0 Å². The second kappa shape index (κ2) is 7.06. The van der Waals surface area contributed by atoms with E-state index in [1.807, 2.05) is 0 Å². The number of hydrogen-bond donors (Lipinski definition) is 1. The van der Waals surface area contributed by atoms with Gasteiger partial charge < -0.3 is 5.32 Å². The van der Waals surface area contributed by atoms with Crippen molar-refractivity contribution < 1.29 is 22.0 Å². The molecule has 1 saturated heterocycles. The molecular formula is C14H17F5N6. The molecule has 0 amide bonds. The fourth-order valence-electron chi connectivity index (χ4n) is 2.89. The molecule has 2 aromatic rings. The molecular weight excluding hydrogens is 347 g/mol. The van der Waals surface area contributed by atoms with Crippen LogP contribution in [0.2, 0.25) is 0 Å². The standard InChI is InChI=1S/C14H17F5N6/c15-12(16)13-22-21-11-2-1-10(23-25(11)13)20-7-9-3-5-24(6-4-9)8-14(17,18)19/h1-2,9,12H,3-8H2,(H,20,23). The Labute approximate surface area is 140 Å². The molecule has 1 N–H and O–H groups in total. The maximum atomic E-state index is 12.8. The van der Waals surface area contributed by atoms with Gasteiger partial charge in [0.25, 0.3) is 6.43 Å². The van der Waals surface area contributed by atoms with Crippen LogP contribution in [0.4, 0.5) is 27.8 Å². The molecule has 3 rings (SSSR count). The number of nitrogens with zero attached hydrogens (tertiary/aromatic N) is 5. The van der Waals surface area contributed by atoms with E-state index in [1.165, 1.54) is 11.0 Å². The topological polar surface area (TPSA) is 58.4 Å². The van der Waals surface area contributed by atoms with Gasteiger partial charge in [0.1, 0.15) is 5.82 Å². The van der Waals surface area contributed by atoms with E-state index in [-0.39, 0.29) is 11.6 Å². The summed E-state index contributed by atoms with van der Waals surface area (Å²) >= 11 is 0. The van der Waals surface area contributed by atoms with Crippen LogP contribution in [0.25, 0.3) is 5.65 Å². The quantitative estimate of drug-likeness (QED) is 0.827. The van der Waals surface area contributed by atoms with Gasteiger partial charge >= 0.3 is 6.18 Å². The van der Waals surface area contributed by atoms with E-state index in [0.29, 0.717) is 38.3 Å². The van der Waals surface area contributed by atoms with Crippen molar-refractivity contribution in [2.75, 3.05) is 31.5 Å². The van der Waals surface area contributed by atoms with E-state index in [0.717, 1.165) is 4.52 Å². The predicted molar refractivity (Wildman–Crippen MR) is 79.4 cm³/mol. The molecule has 0 aliphatic carbocycles. The number of piperidine rings is 1. The third kappa shape index (κ3) is 4.53. The van der Waals surface area contributed by atoms with Crippen LogP contribution in [-0.4, -0.2) is 57.1 Å². The maximum absolute atomic E-state index is 12.8. The molecule has 0 aromatic carbocycles. The molecule has 11 heteroatoms. The van der Waals surface area contributed by atoms with Gasteiger partial charge in [-0.3, -0.25) is 4.90 Å². The molecule has 0 radical (unpaired) electrons. The zero-order valence-corrected chi connectivity index (χ0v) is 13.2. The van der Waals surface area contributed by atoms with Crippen molar-refractivity contribution in [1.29, 1.82) is 0 Å². The summed E-state index contributed by atoms with van der Waals surface area (Å²) in [6, 6.07) is 3.14. The SMILES string of the molecule is FC(F)c1nnc2ccc(NCC3CCN(CC(F)(F)F)CC3)nn12. The van der Waals surface area contributed by atoms with Gasteiger partial charge in [-0.25, -0.2) is 8.78 Å². The first-order chi connectivity index (χ1) is 11.8. The average molecular weight is 364 g/mol. The van der Waals surface area contributed by atoms with E-state index in [9.17, 15) is 22.0 Å². The van der Waals surface area contributed by atoms with Crippen LogP contribution in [0.3, 0.4) is 0 Å². The molecule has 0 atom stereocenters. The number of likely N-dealkylation sites (tertiary alicyclic amines) is 1. The Hall–Kier alpha value is -2.04. The number of hydrogen-bond acceptors (Lipinski definition) is 5. The number of nitrogens with one attached hydrogen (secondary N) is 1. The summed E-state index contributed by atoms with van der Waals surface area (Å²) in [6.07, 6.45) is -5.68. The van der Waals surface area contributed by atoms with Crippen LogP contribution in [0.1, 0.15) is 25.1 Å². The van der Waals surface area contributed by atoms with E-state index >= 15 is 0 Å². The third-order valence-corrected chi connectivity index (χ3v) is 4.16. The van der Waals surface area contributed by atoms with Crippen molar-refractivity contribution in [2.45, 2.75) is 25.4 Å². The van der Waals surface area contributed by atoms with Gasteiger partial charge in [-0.15, -0.1) is 15.3 Å². The van der Waals surface area contributed by atoms with Crippen LogP contribution in [0, 0.1) is 5.92 Å². The highest BCUT2D eigenvalue weighted by Gasteiger charge is 2.32. The number of rotatable bonds is 5.